The Morgan fingerprint density at radius 3 is 2.50 bits per heavy atom. The van der Waals surface area contributed by atoms with E-state index in [2.05, 4.69) is 4.94 Å². The third-order valence-electron chi connectivity index (χ3n) is 2.69. The van der Waals surface area contributed by atoms with Crippen LogP contribution in [0.2, 0.25) is 0 Å². The average molecular weight is 212 g/mol. The second-order valence-corrected chi connectivity index (χ2v) is 3.70. The van der Waals surface area contributed by atoms with E-state index in [0.29, 0.717) is 13.0 Å². The lowest BCUT2D eigenvalue weighted by Gasteiger charge is -2.35. The van der Waals surface area contributed by atoms with Gasteiger partial charge in [0.05, 0.1) is 5.92 Å². The van der Waals surface area contributed by atoms with Crippen LogP contribution in [0.25, 0.3) is 0 Å². The summed E-state index contributed by atoms with van der Waals surface area (Å²) in [6.07, 6.45) is -3.25. The molecule has 6 heteroatoms. The molecule has 1 heterocycles. The van der Waals surface area contributed by atoms with E-state index >= 15 is 0 Å². The minimum absolute atomic E-state index is 0.0129. The molecule has 0 bridgehead atoms. The van der Waals surface area contributed by atoms with Crippen molar-refractivity contribution >= 4 is 0 Å². The maximum absolute atomic E-state index is 12.4. The fourth-order valence-corrected chi connectivity index (χ4v) is 1.78. The van der Waals surface area contributed by atoms with Gasteiger partial charge in [-0.25, -0.2) is 4.94 Å². The Morgan fingerprint density at radius 2 is 2.07 bits per heavy atom. The first-order valence-electron chi connectivity index (χ1n) is 4.65. The summed E-state index contributed by atoms with van der Waals surface area (Å²) in [6.45, 7) is 2.20. The number of nitrogens with zero attached hydrogens (tertiary/aromatic N) is 1. The van der Waals surface area contributed by atoms with E-state index in [1.54, 1.807) is 0 Å². The van der Waals surface area contributed by atoms with Crippen molar-refractivity contribution in [2.24, 2.45) is 17.7 Å². The van der Waals surface area contributed by atoms with Crippen molar-refractivity contribution in [3.63, 3.8) is 0 Å². The fraction of sp³-hybridized carbons (Fsp3) is 1.00. The van der Waals surface area contributed by atoms with Gasteiger partial charge in [-0.1, -0.05) is 13.3 Å². The molecule has 84 valence electrons. The largest absolute Gasteiger partial charge is 0.393 e. The number of halogens is 3. The number of hydrogen-bond acceptors (Lipinski definition) is 3. The summed E-state index contributed by atoms with van der Waals surface area (Å²) in [5.41, 5.74) is 0. The number of piperidine rings is 1. The van der Waals surface area contributed by atoms with Crippen molar-refractivity contribution in [1.29, 1.82) is 0 Å². The second kappa shape index (κ2) is 4.46. The minimum Gasteiger partial charge on any atom is -0.214 e. The highest BCUT2D eigenvalue weighted by Gasteiger charge is 2.44. The van der Waals surface area contributed by atoms with Gasteiger partial charge in [-0.2, -0.15) is 24.1 Å². The molecule has 1 aliphatic rings. The van der Waals surface area contributed by atoms with Crippen LogP contribution in [0.5, 0.6) is 0 Å². The first-order valence-corrected chi connectivity index (χ1v) is 4.65. The van der Waals surface area contributed by atoms with Crippen molar-refractivity contribution in [1.82, 2.24) is 5.06 Å². The topological polar surface area (TPSA) is 38.5 Å². The van der Waals surface area contributed by atoms with Crippen LogP contribution in [-0.2, 0) is 4.94 Å². The molecule has 2 atom stereocenters. The van der Waals surface area contributed by atoms with Crippen LogP contribution in [0.1, 0.15) is 19.8 Å². The monoisotopic (exact) mass is 212 g/mol. The minimum atomic E-state index is -4.15. The Labute approximate surface area is 80.9 Å². The zero-order valence-electron chi connectivity index (χ0n) is 8.05. The molecule has 0 aliphatic carbocycles. The Kier molecular flexibility index (Phi) is 3.74. The molecule has 1 saturated heterocycles. The first-order chi connectivity index (χ1) is 6.47. The van der Waals surface area contributed by atoms with Gasteiger partial charge in [0.15, 0.2) is 0 Å². The molecule has 1 rings (SSSR count). The van der Waals surface area contributed by atoms with Crippen molar-refractivity contribution in [2.75, 3.05) is 13.1 Å². The van der Waals surface area contributed by atoms with E-state index < -0.39 is 12.1 Å². The molecule has 2 unspecified atom stereocenters. The summed E-state index contributed by atoms with van der Waals surface area (Å²) in [6, 6.07) is 0. The van der Waals surface area contributed by atoms with Gasteiger partial charge in [0, 0.05) is 13.1 Å². The van der Waals surface area contributed by atoms with Crippen molar-refractivity contribution in [3.8, 4) is 0 Å². The number of nitrogens with two attached hydrogens (primary N) is 1. The molecule has 0 amide bonds. The predicted octanol–water partition coefficient (Wildman–Crippen LogP) is 1.70. The first kappa shape index (κ1) is 11.7. The zero-order valence-corrected chi connectivity index (χ0v) is 8.05. The van der Waals surface area contributed by atoms with Gasteiger partial charge >= 0.3 is 6.18 Å². The lowest BCUT2D eigenvalue weighted by molar-refractivity contribution is -0.247. The van der Waals surface area contributed by atoms with Crippen LogP contribution >= 0.6 is 0 Å². The summed E-state index contributed by atoms with van der Waals surface area (Å²) in [7, 11) is 0. The van der Waals surface area contributed by atoms with Crippen LogP contribution in [0.4, 0.5) is 13.2 Å². The molecule has 14 heavy (non-hydrogen) atoms. The standard InChI is InChI=1S/C8H15F3N2O/c1-2-6-3-7(8(9,10)11)5-13(4-6)14-12/h6-7H,2-5,12H2,1H3. The highest BCUT2D eigenvalue weighted by atomic mass is 19.4. The van der Waals surface area contributed by atoms with Crippen LogP contribution < -0.4 is 5.90 Å². The molecule has 2 N–H and O–H groups in total. The van der Waals surface area contributed by atoms with Crippen molar-refractivity contribution in [2.45, 2.75) is 25.9 Å². The van der Waals surface area contributed by atoms with E-state index in [1.165, 1.54) is 5.06 Å². The van der Waals surface area contributed by atoms with Gasteiger partial charge in [-0.3, -0.25) is 0 Å². The summed E-state index contributed by atoms with van der Waals surface area (Å²) in [5.74, 6) is 3.58. The Morgan fingerprint density at radius 1 is 1.43 bits per heavy atom. The predicted molar refractivity (Wildman–Crippen MR) is 44.8 cm³/mol. The van der Waals surface area contributed by atoms with Gasteiger partial charge in [-0.05, 0) is 12.3 Å². The van der Waals surface area contributed by atoms with Gasteiger partial charge in [0.1, 0.15) is 0 Å². The molecule has 1 fully saturated rings. The normalized spacial score (nSPS) is 30.6. The van der Waals surface area contributed by atoms with E-state index in [-0.39, 0.29) is 18.9 Å². The summed E-state index contributed by atoms with van der Waals surface area (Å²) >= 11 is 0. The van der Waals surface area contributed by atoms with Crippen molar-refractivity contribution < 1.29 is 18.1 Å². The van der Waals surface area contributed by atoms with Gasteiger partial charge in [-0.15, -0.1) is 0 Å². The Hall–Kier alpha value is -0.330. The van der Waals surface area contributed by atoms with E-state index in [9.17, 15) is 13.2 Å². The van der Waals surface area contributed by atoms with Gasteiger partial charge < -0.3 is 0 Å². The van der Waals surface area contributed by atoms with Crippen LogP contribution in [-0.4, -0.2) is 24.3 Å². The molecule has 0 aromatic heterocycles. The second-order valence-electron chi connectivity index (χ2n) is 3.70. The SMILES string of the molecule is CCC1CC(C(F)(F)F)CN(ON)C1. The summed E-state index contributed by atoms with van der Waals surface area (Å²) < 4.78 is 37.3. The smallest absolute Gasteiger partial charge is 0.214 e. The van der Waals surface area contributed by atoms with E-state index in [1.807, 2.05) is 6.92 Å². The quantitative estimate of drug-likeness (QED) is 0.708. The highest BCUT2D eigenvalue weighted by molar-refractivity contribution is 4.79. The molecular weight excluding hydrogens is 197 g/mol. The Balaban J connectivity index is 2.60. The highest BCUT2D eigenvalue weighted by Crippen LogP contribution is 2.35. The zero-order chi connectivity index (χ0) is 10.8. The van der Waals surface area contributed by atoms with E-state index in [0.717, 1.165) is 0 Å². The molecule has 0 aromatic rings. The lowest BCUT2D eigenvalue weighted by atomic mass is 9.88. The number of rotatable bonds is 2. The molecule has 0 saturated carbocycles. The summed E-state index contributed by atoms with van der Waals surface area (Å²) in [4.78, 5) is 4.38. The fourth-order valence-electron chi connectivity index (χ4n) is 1.78. The maximum Gasteiger partial charge on any atom is 0.393 e. The number of hydroxylamine groups is 2. The maximum atomic E-state index is 12.4. The summed E-state index contributed by atoms with van der Waals surface area (Å²) in [5, 5.41) is 1.19. The third kappa shape index (κ3) is 2.83. The average Bonchev–Trinajstić information content (AvgIpc) is 2.15. The Bertz CT molecular complexity index is 174. The molecule has 1 aliphatic heterocycles. The molecule has 3 nitrogen and oxygen atoms in total. The van der Waals surface area contributed by atoms with Crippen LogP contribution in [0, 0.1) is 11.8 Å². The van der Waals surface area contributed by atoms with E-state index in [4.69, 9.17) is 5.90 Å². The molecule has 0 radical (unpaired) electrons. The lowest BCUT2D eigenvalue weighted by Crippen LogP contribution is -2.46. The number of alkyl halides is 3. The number of hydrogen-bond donors (Lipinski definition) is 1. The van der Waals surface area contributed by atoms with Crippen LogP contribution in [0.15, 0.2) is 0 Å². The van der Waals surface area contributed by atoms with Gasteiger partial charge in [0.25, 0.3) is 0 Å². The van der Waals surface area contributed by atoms with Crippen LogP contribution in [0.3, 0.4) is 0 Å². The van der Waals surface area contributed by atoms with Gasteiger partial charge in [0.2, 0.25) is 0 Å². The molecular formula is C8H15F3N2O. The molecule has 0 spiro atoms. The van der Waals surface area contributed by atoms with Crippen molar-refractivity contribution in [3.05, 3.63) is 0 Å². The third-order valence-corrected chi connectivity index (χ3v) is 2.69. The molecule has 0 aromatic carbocycles.